The molecule has 0 radical (unpaired) electrons. The van der Waals surface area contributed by atoms with Crippen molar-refractivity contribution < 1.29 is 23.4 Å². The maximum atomic E-state index is 16.7. The molecule has 2 N–H and O–H groups in total. The summed E-state index contributed by atoms with van der Waals surface area (Å²) in [7, 11) is 1.83. The van der Waals surface area contributed by atoms with Crippen molar-refractivity contribution in [2.45, 2.75) is 57.3 Å². The lowest BCUT2D eigenvalue weighted by atomic mass is 9.95. The fourth-order valence-corrected chi connectivity index (χ4v) is 6.86. The Balaban J connectivity index is 1.40. The molecular formula is C29H33F2N7O3. The molecule has 6 heterocycles. The van der Waals surface area contributed by atoms with E-state index in [2.05, 4.69) is 20.1 Å². The van der Waals surface area contributed by atoms with Gasteiger partial charge in [0.1, 0.15) is 41.8 Å². The minimum atomic E-state index is -0.894. The molecule has 0 aliphatic carbocycles. The van der Waals surface area contributed by atoms with Crippen LogP contribution in [0, 0.1) is 19.7 Å². The quantitative estimate of drug-likeness (QED) is 0.360. The molecule has 0 bridgehead atoms. The van der Waals surface area contributed by atoms with Crippen LogP contribution >= 0.6 is 0 Å². The molecule has 12 heteroatoms. The number of H-pyrrole nitrogens is 1. The van der Waals surface area contributed by atoms with Crippen molar-refractivity contribution in [2.75, 3.05) is 44.9 Å². The molecule has 3 atom stereocenters. The Hall–Kier alpha value is -3.64. The predicted molar refractivity (Wildman–Crippen MR) is 150 cm³/mol. The van der Waals surface area contributed by atoms with E-state index in [1.165, 1.54) is 0 Å². The lowest BCUT2D eigenvalue weighted by Crippen LogP contribution is -2.43. The number of rotatable bonds is 6. The number of ether oxygens (including phenoxy) is 2. The van der Waals surface area contributed by atoms with Gasteiger partial charge < -0.3 is 19.5 Å². The zero-order valence-electron chi connectivity index (χ0n) is 23.4. The monoisotopic (exact) mass is 565 g/mol. The van der Waals surface area contributed by atoms with Gasteiger partial charge in [-0.05, 0) is 56.8 Å². The van der Waals surface area contributed by atoms with Gasteiger partial charge in [-0.25, -0.2) is 13.8 Å². The molecule has 216 valence electrons. The molecule has 7 rings (SSSR count). The average molecular weight is 566 g/mol. The van der Waals surface area contributed by atoms with Gasteiger partial charge in [0.05, 0.1) is 23.3 Å². The number of hydrogen-bond donors (Lipinski definition) is 2. The summed E-state index contributed by atoms with van der Waals surface area (Å²) < 4.78 is 43.4. The second-order valence-corrected chi connectivity index (χ2v) is 11.6. The molecule has 0 spiro atoms. The number of benzene rings is 1. The van der Waals surface area contributed by atoms with Crippen molar-refractivity contribution in [3.8, 4) is 23.1 Å². The minimum absolute atomic E-state index is 0.0175. The highest BCUT2D eigenvalue weighted by molar-refractivity contribution is 6.01. The van der Waals surface area contributed by atoms with Crippen molar-refractivity contribution in [1.29, 1.82) is 0 Å². The number of aromatic nitrogens is 5. The van der Waals surface area contributed by atoms with E-state index in [1.807, 2.05) is 31.9 Å². The van der Waals surface area contributed by atoms with E-state index >= 15 is 4.39 Å². The maximum Gasteiger partial charge on any atom is 0.319 e. The molecule has 0 saturated carbocycles. The molecule has 0 amide bonds. The van der Waals surface area contributed by atoms with Gasteiger partial charge in [-0.15, -0.1) is 0 Å². The molecular weight excluding hydrogens is 532 g/mol. The number of aliphatic hydroxyl groups is 1. The zero-order chi connectivity index (χ0) is 28.5. The third kappa shape index (κ3) is 4.10. The van der Waals surface area contributed by atoms with Crippen LogP contribution in [0.5, 0.6) is 11.9 Å². The number of nitrogens with zero attached hydrogens (tertiary/aromatic N) is 6. The van der Waals surface area contributed by atoms with Crippen LogP contribution in [0.2, 0.25) is 0 Å². The first-order chi connectivity index (χ1) is 19.8. The lowest BCUT2D eigenvalue weighted by molar-refractivity contribution is 0.107. The topological polar surface area (TPSA) is 113 Å². The van der Waals surface area contributed by atoms with Crippen LogP contribution in [0.3, 0.4) is 0 Å². The molecule has 2 saturated heterocycles. The molecule has 2 fully saturated rings. The first-order valence-electron chi connectivity index (χ1n) is 14.1. The Morgan fingerprint density at radius 2 is 2.12 bits per heavy atom. The van der Waals surface area contributed by atoms with Crippen LogP contribution in [0.4, 0.5) is 14.6 Å². The number of aromatic amines is 1. The number of hydrogen-bond acceptors (Lipinski definition) is 9. The first-order valence-corrected chi connectivity index (χ1v) is 14.1. The van der Waals surface area contributed by atoms with Crippen LogP contribution < -0.4 is 14.4 Å². The van der Waals surface area contributed by atoms with E-state index in [1.54, 1.807) is 6.20 Å². The average Bonchev–Trinajstić information content (AvgIpc) is 3.63. The van der Waals surface area contributed by atoms with Crippen LogP contribution in [-0.4, -0.2) is 92.9 Å². The first kappa shape index (κ1) is 26.3. The number of aryl methyl sites for hydroxylation is 1. The Morgan fingerprint density at radius 3 is 2.95 bits per heavy atom. The summed E-state index contributed by atoms with van der Waals surface area (Å²) >= 11 is 0. The fourth-order valence-electron chi connectivity index (χ4n) is 6.86. The van der Waals surface area contributed by atoms with Gasteiger partial charge in [-0.3, -0.25) is 10.00 Å². The highest BCUT2D eigenvalue weighted by atomic mass is 19.1. The second kappa shape index (κ2) is 9.73. The number of fused-ring (bicyclic) bond motifs is 2. The Kier molecular flexibility index (Phi) is 6.23. The highest BCUT2D eigenvalue weighted by Gasteiger charge is 2.49. The zero-order valence-corrected chi connectivity index (χ0v) is 23.4. The smallest absolute Gasteiger partial charge is 0.319 e. The van der Waals surface area contributed by atoms with E-state index in [9.17, 15) is 9.50 Å². The molecule has 10 nitrogen and oxygen atoms in total. The second-order valence-electron chi connectivity index (χ2n) is 11.6. The number of halogens is 2. The van der Waals surface area contributed by atoms with Crippen molar-refractivity contribution in [1.82, 2.24) is 30.0 Å². The van der Waals surface area contributed by atoms with Crippen molar-refractivity contribution >= 4 is 27.6 Å². The SMILES string of the molecule is Cc1cc2[nH]ncc2c(-c2nc3c4c(nc(OC[C@@]56CCCN5C[C@H](F)C6)nc4c2F)N(C)[C@@H](CCO)CO3)c1C. The fraction of sp³-hybridized carbons (Fsp3) is 0.517. The summed E-state index contributed by atoms with van der Waals surface area (Å²) in [6, 6.07) is 1.76. The number of nitrogens with one attached hydrogen (secondary N) is 1. The summed E-state index contributed by atoms with van der Waals surface area (Å²) in [5.41, 5.74) is 2.95. The molecule has 0 unspecified atom stereocenters. The van der Waals surface area contributed by atoms with Crippen LogP contribution in [0.15, 0.2) is 12.3 Å². The van der Waals surface area contributed by atoms with Gasteiger partial charge in [0, 0.05) is 37.6 Å². The Labute approximate surface area is 235 Å². The van der Waals surface area contributed by atoms with Crippen molar-refractivity contribution in [3.63, 3.8) is 0 Å². The van der Waals surface area contributed by atoms with E-state index in [-0.39, 0.29) is 49.0 Å². The third-order valence-electron chi connectivity index (χ3n) is 9.20. The number of aliphatic hydroxyl groups excluding tert-OH is 1. The standard InChI is InChI=1S/C29H33F2N7O3/c1-15-9-20-19(11-32-36-20)21(16(15)2)24-23(31)25-22-26(37(3)18(5-8-39)13-40-27(22)33-24)35-28(34-25)41-14-29-6-4-7-38(29)12-17(30)10-29/h9,11,17-18,39H,4-8,10,12-14H2,1-3H3,(H,32,36)/t17-,18+,29+/m1/s1. The molecule has 3 aliphatic rings. The van der Waals surface area contributed by atoms with E-state index in [0.717, 1.165) is 41.4 Å². The number of pyridine rings is 1. The number of likely N-dealkylation sites (N-methyl/N-ethyl adjacent to an activating group) is 1. The van der Waals surface area contributed by atoms with E-state index < -0.39 is 17.5 Å². The Morgan fingerprint density at radius 1 is 1.27 bits per heavy atom. The normalized spacial score (nSPS) is 24.2. The van der Waals surface area contributed by atoms with Gasteiger partial charge in [-0.1, -0.05) is 0 Å². The summed E-state index contributed by atoms with van der Waals surface area (Å²) in [6.45, 7) is 5.52. The van der Waals surface area contributed by atoms with Crippen LogP contribution in [-0.2, 0) is 0 Å². The summed E-state index contributed by atoms with van der Waals surface area (Å²) in [6.07, 6.45) is 3.41. The molecule has 41 heavy (non-hydrogen) atoms. The minimum Gasteiger partial charge on any atom is -0.475 e. The molecule has 3 aliphatic heterocycles. The van der Waals surface area contributed by atoms with Gasteiger partial charge in [-0.2, -0.15) is 15.1 Å². The summed E-state index contributed by atoms with van der Waals surface area (Å²) in [5.74, 6) is 0.0229. The van der Waals surface area contributed by atoms with Crippen LogP contribution in [0.1, 0.15) is 36.8 Å². The maximum absolute atomic E-state index is 16.7. The van der Waals surface area contributed by atoms with E-state index in [4.69, 9.17) is 19.4 Å². The molecule has 1 aromatic carbocycles. The molecule has 4 aromatic rings. The largest absolute Gasteiger partial charge is 0.475 e. The summed E-state index contributed by atoms with van der Waals surface area (Å²) in [4.78, 5) is 18.0. The predicted octanol–water partition coefficient (Wildman–Crippen LogP) is 3.86. The number of anilines is 1. The lowest BCUT2D eigenvalue weighted by Gasteiger charge is -2.31. The molecule has 3 aromatic heterocycles. The highest BCUT2D eigenvalue weighted by Crippen LogP contribution is 2.44. The van der Waals surface area contributed by atoms with Gasteiger partial charge in [0.2, 0.25) is 5.88 Å². The third-order valence-corrected chi connectivity index (χ3v) is 9.20. The number of alkyl halides is 1. The van der Waals surface area contributed by atoms with Crippen molar-refractivity contribution in [3.05, 3.63) is 29.2 Å². The Bertz CT molecular complexity index is 1660. The van der Waals surface area contributed by atoms with Crippen LogP contribution in [0.25, 0.3) is 33.1 Å². The van der Waals surface area contributed by atoms with Gasteiger partial charge in [0.25, 0.3) is 0 Å². The van der Waals surface area contributed by atoms with Gasteiger partial charge >= 0.3 is 6.01 Å². The van der Waals surface area contributed by atoms with Crippen molar-refractivity contribution in [2.24, 2.45) is 0 Å². The van der Waals surface area contributed by atoms with Gasteiger partial charge in [0.15, 0.2) is 5.82 Å². The summed E-state index contributed by atoms with van der Waals surface area (Å²) in [5, 5.41) is 18.0. The van der Waals surface area contributed by atoms with E-state index in [0.29, 0.717) is 36.2 Å².